The highest BCUT2D eigenvalue weighted by Crippen LogP contribution is 2.21. The Kier molecular flexibility index (Phi) is 2.26. The first kappa shape index (κ1) is 8.87. The summed E-state index contributed by atoms with van der Waals surface area (Å²) in [7, 11) is 0. The van der Waals surface area contributed by atoms with E-state index in [1.54, 1.807) is 0 Å². The number of ether oxygens (including phenoxy) is 2. The van der Waals surface area contributed by atoms with Crippen LogP contribution in [0.3, 0.4) is 0 Å². The molecule has 2 N–H and O–H groups in total. The second kappa shape index (κ2) is 3.57. The number of hydrogen-bond acceptors (Lipinski definition) is 6. The van der Waals surface area contributed by atoms with Crippen LogP contribution < -0.4 is 5.73 Å². The molecule has 0 aliphatic carbocycles. The second-order valence-corrected chi connectivity index (χ2v) is 2.71. The smallest absolute Gasteiger partial charge is 0.202 e. The standard InChI is InChI=1S/C8H8N4O2/c9-3-5-7(10)11-4-6(12-5)8-13-1-2-14-8/h4,8H,1-2H2,(H2,10,11). The summed E-state index contributed by atoms with van der Waals surface area (Å²) in [4.78, 5) is 7.80. The quantitative estimate of drug-likeness (QED) is 0.671. The predicted octanol–water partition coefficient (Wildman–Crippen LogP) is -0.0241. The first-order chi connectivity index (χ1) is 6.81. The van der Waals surface area contributed by atoms with Gasteiger partial charge in [0.1, 0.15) is 11.8 Å². The summed E-state index contributed by atoms with van der Waals surface area (Å²) in [5, 5.41) is 8.67. The van der Waals surface area contributed by atoms with Crippen molar-refractivity contribution in [2.75, 3.05) is 18.9 Å². The van der Waals surface area contributed by atoms with Crippen molar-refractivity contribution in [3.8, 4) is 6.07 Å². The molecule has 0 atom stereocenters. The van der Waals surface area contributed by atoms with Crippen LogP contribution in [-0.4, -0.2) is 23.2 Å². The number of anilines is 1. The minimum Gasteiger partial charge on any atom is -0.381 e. The zero-order valence-electron chi connectivity index (χ0n) is 7.30. The molecule has 6 heteroatoms. The Hall–Kier alpha value is -1.71. The summed E-state index contributed by atoms with van der Waals surface area (Å²) >= 11 is 0. The van der Waals surface area contributed by atoms with Crippen molar-refractivity contribution in [3.05, 3.63) is 17.6 Å². The molecule has 0 amide bonds. The van der Waals surface area contributed by atoms with E-state index in [4.69, 9.17) is 20.5 Å². The number of aromatic nitrogens is 2. The lowest BCUT2D eigenvalue weighted by Gasteiger charge is -2.07. The molecule has 1 fully saturated rings. The van der Waals surface area contributed by atoms with E-state index in [0.29, 0.717) is 18.9 Å². The molecule has 0 radical (unpaired) electrons. The molecule has 1 aliphatic heterocycles. The average Bonchev–Trinajstić information content (AvgIpc) is 2.71. The number of hydrogen-bond donors (Lipinski definition) is 1. The minimum absolute atomic E-state index is 0.0987. The van der Waals surface area contributed by atoms with Crippen molar-refractivity contribution in [2.45, 2.75) is 6.29 Å². The van der Waals surface area contributed by atoms with Crippen LogP contribution in [0.5, 0.6) is 0 Å². The molecule has 0 unspecified atom stereocenters. The van der Waals surface area contributed by atoms with Gasteiger partial charge in [0.2, 0.25) is 6.29 Å². The van der Waals surface area contributed by atoms with Crippen LogP contribution in [0.2, 0.25) is 0 Å². The van der Waals surface area contributed by atoms with Gasteiger partial charge in [-0.1, -0.05) is 0 Å². The number of nitrogens with zero attached hydrogens (tertiary/aromatic N) is 3. The van der Waals surface area contributed by atoms with Gasteiger partial charge in [-0.3, -0.25) is 0 Å². The molecule has 1 saturated heterocycles. The largest absolute Gasteiger partial charge is 0.381 e. The fourth-order valence-corrected chi connectivity index (χ4v) is 1.14. The van der Waals surface area contributed by atoms with Crippen LogP contribution in [0.4, 0.5) is 5.82 Å². The van der Waals surface area contributed by atoms with E-state index in [9.17, 15) is 0 Å². The molecule has 2 heterocycles. The SMILES string of the molecule is N#Cc1nc(C2OCCO2)cnc1N. The van der Waals surface area contributed by atoms with Crippen molar-refractivity contribution in [2.24, 2.45) is 0 Å². The first-order valence-corrected chi connectivity index (χ1v) is 4.07. The van der Waals surface area contributed by atoms with Gasteiger partial charge < -0.3 is 15.2 Å². The fraction of sp³-hybridized carbons (Fsp3) is 0.375. The Bertz CT molecular complexity index is 381. The maximum atomic E-state index is 8.67. The van der Waals surface area contributed by atoms with Crippen LogP contribution in [0.25, 0.3) is 0 Å². The monoisotopic (exact) mass is 192 g/mol. The van der Waals surface area contributed by atoms with Crippen LogP contribution in [0, 0.1) is 11.3 Å². The highest BCUT2D eigenvalue weighted by Gasteiger charge is 2.21. The summed E-state index contributed by atoms with van der Waals surface area (Å²) in [5.74, 6) is 0.120. The van der Waals surface area contributed by atoms with Crippen LogP contribution in [0.15, 0.2) is 6.20 Å². The molecule has 1 aromatic heterocycles. The van der Waals surface area contributed by atoms with E-state index < -0.39 is 6.29 Å². The number of rotatable bonds is 1. The van der Waals surface area contributed by atoms with Gasteiger partial charge in [0.15, 0.2) is 11.5 Å². The van der Waals surface area contributed by atoms with Crippen molar-refractivity contribution in [1.82, 2.24) is 9.97 Å². The number of nitrogen functional groups attached to an aromatic ring is 1. The van der Waals surface area contributed by atoms with Crippen molar-refractivity contribution >= 4 is 5.82 Å². The average molecular weight is 192 g/mol. The lowest BCUT2D eigenvalue weighted by atomic mass is 10.4. The van der Waals surface area contributed by atoms with Gasteiger partial charge in [-0.15, -0.1) is 0 Å². The molecule has 0 saturated carbocycles. The molecule has 6 nitrogen and oxygen atoms in total. The third-order valence-corrected chi connectivity index (χ3v) is 1.79. The lowest BCUT2D eigenvalue weighted by Crippen LogP contribution is -2.06. The van der Waals surface area contributed by atoms with E-state index in [1.165, 1.54) is 6.20 Å². The first-order valence-electron chi connectivity index (χ1n) is 4.07. The zero-order chi connectivity index (χ0) is 9.97. The van der Waals surface area contributed by atoms with Gasteiger partial charge in [0.25, 0.3) is 0 Å². The molecular weight excluding hydrogens is 184 g/mol. The van der Waals surface area contributed by atoms with Gasteiger partial charge in [-0.05, 0) is 0 Å². The van der Waals surface area contributed by atoms with Crippen LogP contribution in [-0.2, 0) is 9.47 Å². The van der Waals surface area contributed by atoms with Gasteiger partial charge in [0, 0.05) is 0 Å². The van der Waals surface area contributed by atoms with E-state index in [0.717, 1.165) is 0 Å². The zero-order valence-corrected chi connectivity index (χ0v) is 7.30. The van der Waals surface area contributed by atoms with Crippen molar-refractivity contribution in [1.29, 1.82) is 5.26 Å². The third-order valence-electron chi connectivity index (χ3n) is 1.79. The number of nitrogens with two attached hydrogens (primary N) is 1. The Morgan fingerprint density at radius 2 is 2.21 bits per heavy atom. The van der Waals surface area contributed by atoms with Gasteiger partial charge >= 0.3 is 0 Å². The molecule has 72 valence electrons. The fourth-order valence-electron chi connectivity index (χ4n) is 1.14. The van der Waals surface area contributed by atoms with Gasteiger partial charge in [-0.2, -0.15) is 5.26 Å². The molecule has 1 aliphatic rings. The van der Waals surface area contributed by atoms with E-state index in [-0.39, 0.29) is 11.5 Å². The summed E-state index contributed by atoms with van der Waals surface area (Å²) in [6.07, 6.45) is 0.932. The Morgan fingerprint density at radius 1 is 1.50 bits per heavy atom. The van der Waals surface area contributed by atoms with Gasteiger partial charge in [-0.25, -0.2) is 9.97 Å². The topological polar surface area (TPSA) is 94.0 Å². The number of nitriles is 1. The maximum absolute atomic E-state index is 8.67. The van der Waals surface area contributed by atoms with Crippen LogP contribution in [0.1, 0.15) is 17.7 Å². The van der Waals surface area contributed by atoms with Gasteiger partial charge in [0.05, 0.1) is 19.4 Å². The Labute approximate surface area is 80.3 Å². The second-order valence-electron chi connectivity index (χ2n) is 2.71. The molecule has 2 rings (SSSR count). The maximum Gasteiger partial charge on any atom is 0.202 e. The molecular formula is C8H8N4O2. The van der Waals surface area contributed by atoms with E-state index >= 15 is 0 Å². The normalized spacial score (nSPS) is 16.8. The predicted molar refractivity (Wildman–Crippen MR) is 45.8 cm³/mol. The summed E-state index contributed by atoms with van der Waals surface area (Å²) < 4.78 is 10.4. The van der Waals surface area contributed by atoms with Crippen molar-refractivity contribution in [3.63, 3.8) is 0 Å². The Morgan fingerprint density at radius 3 is 2.86 bits per heavy atom. The summed E-state index contributed by atoms with van der Waals surface area (Å²) in [5.41, 5.74) is 6.00. The summed E-state index contributed by atoms with van der Waals surface area (Å²) in [6, 6.07) is 1.85. The van der Waals surface area contributed by atoms with E-state index in [2.05, 4.69) is 9.97 Å². The molecule has 1 aromatic rings. The molecule has 0 spiro atoms. The highest BCUT2D eigenvalue weighted by molar-refractivity contribution is 5.42. The lowest BCUT2D eigenvalue weighted by molar-refractivity contribution is -0.0475. The molecule has 0 bridgehead atoms. The van der Waals surface area contributed by atoms with Crippen molar-refractivity contribution < 1.29 is 9.47 Å². The van der Waals surface area contributed by atoms with E-state index in [1.807, 2.05) is 6.07 Å². The highest BCUT2D eigenvalue weighted by atomic mass is 16.7. The Balaban J connectivity index is 2.31. The summed E-state index contributed by atoms with van der Waals surface area (Å²) in [6.45, 7) is 1.05. The minimum atomic E-state index is -0.518. The molecule has 0 aromatic carbocycles. The third kappa shape index (κ3) is 1.51. The molecule has 14 heavy (non-hydrogen) atoms. The van der Waals surface area contributed by atoms with Crippen LogP contribution >= 0.6 is 0 Å².